The maximum atomic E-state index is 11.3. The molecule has 27 heavy (non-hydrogen) atoms. The lowest BCUT2D eigenvalue weighted by atomic mass is 9.99. The van der Waals surface area contributed by atoms with E-state index in [4.69, 9.17) is 22.8 Å². The van der Waals surface area contributed by atoms with E-state index in [9.17, 15) is 9.90 Å². The summed E-state index contributed by atoms with van der Waals surface area (Å²) < 4.78 is 30.1. The van der Waals surface area contributed by atoms with Gasteiger partial charge in [0.1, 0.15) is 31.0 Å². The average molecular weight is 439 g/mol. The summed E-state index contributed by atoms with van der Waals surface area (Å²) in [6.45, 7) is 20.1. The smallest absolute Gasteiger partial charge is 0.302 e. The highest BCUT2D eigenvalue weighted by Crippen LogP contribution is 2.32. The second-order valence-corrected chi connectivity index (χ2v) is 23.3. The number of hydrogen-bond acceptors (Lipinski definition) is 7. The van der Waals surface area contributed by atoms with Gasteiger partial charge < -0.3 is 27.9 Å². The number of aliphatic hydroxyl groups excluding tert-OH is 1. The largest absolute Gasteiger partial charge is 0.463 e. The monoisotopic (exact) mass is 438 g/mol. The van der Waals surface area contributed by atoms with Crippen LogP contribution in [0.15, 0.2) is 0 Å². The molecule has 1 heterocycles. The van der Waals surface area contributed by atoms with Crippen molar-refractivity contribution in [3.05, 3.63) is 0 Å². The molecule has 0 saturated carbocycles. The van der Waals surface area contributed by atoms with Gasteiger partial charge in [-0.1, -0.05) is 0 Å². The van der Waals surface area contributed by atoms with Gasteiger partial charge in [0, 0.05) is 6.92 Å². The molecule has 160 valence electrons. The van der Waals surface area contributed by atoms with Crippen LogP contribution in [0.1, 0.15) is 6.92 Å². The Balaban J connectivity index is 3.25. The number of hydrogen-bond donors (Lipinski definition) is 1. The molecule has 5 atom stereocenters. The van der Waals surface area contributed by atoms with Crippen LogP contribution in [0.2, 0.25) is 58.9 Å². The second-order valence-electron chi connectivity index (χ2n) is 9.95. The van der Waals surface area contributed by atoms with Crippen LogP contribution in [-0.4, -0.2) is 73.3 Å². The molecule has 10 heteroatoms. The molecule has 1 aliphatic rings. The standard InChI is InChI=1S/C17H38O7Si3/c1-12(18)20-11-13-14(22-25(2,3)4)15(23-26(5,6)7)16(17(19)21-13)24-27(8,9)10/h13-17,19H,11H2,1-10H3/t13-,14+,15+,16-,17-/m1/s1. The Bertz CT molecular complexity index is 496. The van der Waals surface area contributed by atoms with Crippen molar-refractivity contribution in [3.63, 3.8) is 0 Å². The molecule has 0 amide bonds. The van der Waals surface area contributed by atoms with E-state index in [0.717, 1.165) is 0 Å². The zero-order valence-electron chi connectivity index (χ0n) is 18.5. The third kappa shape index (κ3) is 9.31. The Morgan fingerprint density at radius 2 is 1.22 bits per heavy atom. The van der Waals surface area contributed by atoms with Crippen LogP contribution in [0.3, 0.4) is 0 Å². The summed E-state index contributed by atoms with van der Waals surface area (Å²) in [5.74, 6) is -0.400. The van der Waals surface area contributed by atoms with Gasteiger partial charge in [-0.15, -0.1) is 0 Å². The number of ether oxygens (including phenoxy) is 2. The van der Waals surface area contributed by atoms with Gasteiger partial charge in [0.15, 0.2) is 31.2 Å². The molecule has 0 aromatic carbocycles. The van der Waals surface area contributed by atoms with Crippen molar-refractivity contribution in [1.29, 1.82) is 0 Å². The molecule has 0 bridgehead atoms. The molecular formula is C17H38O7Si3. The van der Waals surface area contributed by atoms with E-state index >= 15 is 0 Å². The molecule has 0 aromatic rings. The predicted octanol–water partition coefficient (Wildman–Crippen LogP) is 2.93. The lowest BCUT2D eigenvalue weighted by molar-refractivity contribution is -0.276. The highest BCUT2D eigenvalue weighted by molar-refractivity contribution is 6.70. The lowest BCUT2D eigenvalue weighted by Crippen LogP contribution is -2.65. The Labute approximate surface area is 167 Å². The van der Waals surface area contributed by atoms with Crippen LogP contribution in [0.4, 0.5) is 0 Å². The molecule has 0 aliphatic carbocycles. The van der Waals surface area contributed by atoms with Crippen molar-refractivity contribution in [2.45, 2.75) is 96.6 Å². The van der Waals surface area contributed by atoms with E-state index in [1.54, 1.807) is 0 Å². The molecule has 1 rings (SSSR count). The third-order valence-electron chi connectivity index (χ3n) is 3.53. The molecule has 0 aromatic heterocycles. The van der Waals surface area contributed by atoms with Crippen molar-refractivity contribution >= 4 is 30.9 Å². The quantitative estimate of drug-likeness (QED) is 0.461. The minimum Gasteiger partial charge on any atom is -0.463 e. The number of esters is 1. The zero-order chi connectivity index (χ0) is 21.2. The van der Waals surface area contributed by atoms with Gasteiger partial charge in [0.25, 0.3) is 0 Å². The first-order valence-electron chi connectivity index (χ1n) is 9.49. The predicted molar refractivity (Wildman–Crippen MR) is 112 cm³/mol. The zero-order valence-corrected chi connectivity index (χ0v) is 21.5. The first-order valence-corrected chi connectivity index (χ1v) is 19.7. The second kappa shape index (κ2) is 9.16. The van der Waals surface area contributed by atoms with Crippen LogP contribution in [0.25, 0.3) is 0 Å². The summed E-state index contributed by atoms with van der Waals surface area (Å²) in [5.41, 5.74) is 0. The fourth-order valence-corrected chi connectivity index (χ4v) is 6.11. The molecule has 0 radical (unpaired) electrons. The summed E-state index contributed by atoms with van der Waals surface area (Å²) in [7, 11) is -5.95. The fraction of sp³-hybridized carbons (Fsp3) is 0.941. The van der Waals surface area contributed by atoms with Gasteiger partial charge in [-0.3, -0.25) is 4.79 Å². The minimum atomic E-state index is -1.99. The van der Waals surface area contributed by atoms with Gasteiger partial charge in [0.2, 0.25) is 0 Å². The highest BCUT2D eigenvalue weighted by Gasteiger charge is 2.51. The number of carbonyl (C=O) groups excluding carboxylic acids is 1. The maximum absolute atomic E-state index is 11.3. The van der Waals surface area contributed by atoms with Crippen molar-refractivity contribution < 1.29 is 32.7 Å². The van der Waals surface area contributed by atoms with Gasteiger partial charge in [-0.2, -0.15) is 0 Å². The van der Waals surface area contributed by atoms with Crippen molar-refractivity contribution in [3.8, 4) is 0 Å². The molecule has 0 spiro atoms. The van der Waals surface area contributed by atoms with E-state index < -0.39 is 61.6 Å². The molecule has 1 fully saturated rings. The molecule has 1 aliphatic heterocycles. The van der Waals surface area contributed by atoms with Crippen molar-refractivity contribution in [2.75, 3.05) is 6.61 Å². The van der Waals surface area contributed by atoms with Crippen molar-refractivity contribution in [1.82, 2.24) is 0 Å². The first-order chi connectivity index (χ1) is 12.0. The van der Waals surface area contributed by atoms with Crippen LogP contribution in [0.5, 0.6) is 0 Å². The maximum Gasteiger partial charge on any atom is 0.302 e. The summed E-state index contributed by atoms with van der Waals surface area (Å²) in [5, 5.41) is 10.7. The van der Waals surface area contributed by atoms with Crippen LogP contribution >= 0.6 is 0 Å². The first kappa shape index (κ1) is 25.0. The molecule has 1 saturated heterocycles. The summed E-state index contributed by atoms with van der Waals surface area (Å²) in [6.07, 6.45) is -3.39. The van der Waals surface area contributed by atoms with Crippen LogP contribution in [-0.2, 0) is 27.5 Å². The van der Waals surface area contributed by atoms with Crippen molar-refractivity contribution in [2.24, 2.45) is 0 Å². The van der Waals surface area contributed by atoms with Gasteiger partial charge in [0.05, 0.1) is 0 Å². The van der Waals surface area contributed by atoms with Crippen LogP contribution in [0, 0.1) is 0 Å². The van der Waals surface area contributed by atoms with E-state index in [0.29, 0.717) is 0 Å². The van der Waals surface area contributed by atoms with Gasteiger partial charge in [-0.25, -0.2) is 0 Å². The average Bonchev–Trinajstić information content (AvgIpc) is 2.40. The minimum absolute atomic E-state index is 0.00671. The summed E-state index contributed by atoms with van der Waals surface area (Å²) >= 11 is 0. The Kier molecular flexibility index (Phi) is 8.47. The Morgan fingerprint density at radius 1 is 0.815 bits per heavy atom. The van der Waals surface area contributed by atoms with E-state index in [1.165, 1.54) is 6.92 Å². The Morgan fingerprint density at radius 3 is 1.63 bits per heavy atom. The van der Waals surface area contributed by atoms with E-state index in [2.05, 4.69) is 58.9 Å². The molecule has 7 nitrogen and oxygen atoms in total. The highest BCUT2D eigenvalue weighted by atomic mass is 28.4. The number of aliphatic hydroxyl groups is 1. The number of rotatable bonds is 8. The molecular weight excluding hydrogens is 400 g/mol. The SMILES string of the molecule is CC(=O)OC[C@H]1O[C@@H](O)[C@H](O[Si](C)(C)C)[C@@H](O[Si](C)(C)C)[C@H]1O[Si](C)(C)C. The summed E-state index contributed by atoms with van der Waals surface area (Å²) in [6, 6.07) is 0. The lowest BCUT2D eigenvalue weighted by Gasteiger charge is -2.49. The van der Waals surface area contributed by atoms with E-state index in [-0.39, 0.29) is 6.61 Å². The van der Waals surface area contributed by atoms with Gasteiger partial charge in [-0.05, 0) is 58.9 Å². The fourth-order valence-electron chi connectivity index (χ4n) is 2.86. The molecule has 1 N–H and O–H groups in total. The third-order valence-corrected chi connectivity index (χ3v) is 6.47. The van der Waals surface area contributed by atoms with Gasteiger partial charge >= 0.3 is 5.97 Å². The normalized spacial score (nSPS) is 30.3. The topological polar surface area (TPSA) is 83.5 Å². The van der Waals surface area contributed by atoms with Crippen LogP contribution < -0.4 is 0 Å². The summed E-state index contributed by atoms with van der Waals surface area (Å²) in [4.78, 5) is 11.3. The van der Waals surface area contributed by atoms with E-state index in [1.807, 2.05) is 0 Å². The number of carbonyl (C=O) groups is 1. The Hall–Kier alpha value is -0.0794. The molecule has 0 unspecified atom stereocenters.